The van der Waals surface area contributed by atoms with Crippen LogP contribution in [0.4, 0.5) is 13.2 Å². The first-order valence-electron chi connectivity index (χ1n) is 8.31. The Morgan fingerprint density at radius 2 is 2.08 bits per heavy atom. The Kier molecular flexibility index (Phi) is 4.99. The Morgan fingerprint density at radius 1 is 1.36 bits per heavy atom. The molecule has 1 N–H and O–H groups in total. The van der Waals surface area contributed by atoms with Crippen LogP contribution in [0.1, 0.15) is 31.2 Å². The predicted molar refractivity (Wildman–Crippen MR) is 85.7 cm³/mol. The third kappa shape index (κ3) is 4.12. The number of esters is 1. The first-order chi connectivity index (χ1) is 11.9. The van der Waals surface area contributed by atoms with Gasteiger partial charge in [0.1, 0.15) is 5.82 Å². The van der Waals surface area contributed by atoms with Gasteiger partial charge in [0, 0.05) is 0 Å². The third-order valence-corrected chi connectivity index (χ3v) is 4.44. The van der Waals surface area contributed by atoms with E-state index in [4.69, 9.17) is 4.74 Å². The number of carbonyl (C=O) groups is 1. The number of aromatic nitrogens is 2. The fourth-order valence-corrected chi connectivity index (χ4v) is 3.11. The van der Waals surface area contributed by atoms with Crippen LogP contribution in [0.3, 0.4) is 0 Å². The summed E-state index contributed by atoms with van der Waals surface area (Å²) in [7, 11) is 0. The molecule has 0 spiro atoms. The summed E-state index contributed by atoms with van der Waals surface area (Å²) in [4.78, 5) is 21.2. The minimum Gasteiger partial charge on any atom is -0.466 e. The summed E-state index contributed by atoms with van der Waals surface area (Å²) in [5, 5.41) is 0. The highest BCUT2D eigenvalue weighted by Crippen LogP contribution is 2.31. The summed E-state index contributed by atoms with van der Waals surface area (Å²) in [6, 6.07) is 3.50. The van der Waals surface area contributed by atoms with E-state index >= 15 is 0 Å². The number of hydrogen-bond donors (Lipinski definition) is 1. The lowest BCUT2D eigenvalue weighted by molar-refractivity contribution is -0.149. The van der Waals surface area contributed by atoms with Gasteiger partial charge >= 0.3 is 12.1 Å². The molecule has 0 aliphatic carbocycles. The van der Waals surface area contributed by atoms with Crippen molar-refractivity contribution in [1.82, 2.24) is 14.9 Å². The van der Waals surface area contributed by atoms with Crippen molar-refractivity contribution in [2.24, 2.45) is 5.92 Å². The maximum atomic E-state index is 12.8. The zero-order chi connectivity index (χ0) is 18.0. The number of H-pyrrole nitrogens is 1. The van der Waals surface area contributed by atoms with Gasteiger partial charge in [0.05, 0.1) is 35.7 Å². The molecule has 0 bridgehead atoms. The van der Waals surface area contributed by atoms with Gasteiger partial charge in [-0.25, -0.2) is 4.98 Å². The normalized spacial score (nSPS) is 17.1. The van der Waals surface area contributed by atoms with E-state index in [0.29, 0.717) is 30.0 Å². The van der Waals surface area contributed by atoms with Crippen molar-refractivity contribution < 1.29 is 22.7 Å². The molecule has 2 aromatic rings. The average molecular weight is 355 g/mol. The quantitative estimate of drug-likeness (QED) is 0.855. The molecule has 1 aliphatic rings. The average Bonchev–Trinajstić information content (AvgIpc) is 2.96. The lowest BCUT2D eigenvalue weighted by atomic mass is 9.97. The van der Waals surface area contributed by atoms with Crippen molar-refractivity contribution in [3.8, 4) is 0 Å². The Hall–Kier alpha value is -2.09. The van der Waals surface area contributed by atoms with Crippen molar-refractivity contribution in [3.05, 3.63) is 29.6 Å². The van der Waals surface area contributed by atoms with Crippen LogP contribution in [0, 0.1) is 5.92 Å². The number of alkyl halides is 3. The van der Waals surface area contributed by atoms with E-state index < -0.39 is 11.7 Å². The summed E-state index contributed by atoms with van der Waals surface area (Å²) in [5.74, 6) is 0.413. The Balaban J connectivity index is 1.63. The SMILES string of the molecule is CCOC(=O)C1CCN(Cc2nc3ccc(C(F)(F)F)cc3[nH]2)CC1. The molecule has 3 rings (SSSR count). The minimum absolute atomic E-state index is 0.0683. The van der Waals surface area contributed by atoms with Gasteiger partial charge < -0.3 is 9.72 Å². The summed E-state index contributed by atoms with van der Waals surface area (Å²) >= 11 is 0. The molecule has 1 aliphatic heterocycles. The molecule has 0 saturated carbocycles. The molecule has 0 unspecified atom stereocenters. The van der Waals surface area contributed by atoms with Crippen LogP contribution in [0.5, 0.6) is 0 Å². The second kappa shape index (κ2) is 7.03. The van der Waals surface area contributed by atoms with E-state index in [1.165, 1.54) is 6.07 Å². The van der Waals surface area contributed by atoms with Crippen molar-refractivity contribution in [1.29, 1.82) is 0 Å². The number of rotatable bonds is 4. The smallest absolute Gasteiger partial charge is 0.416 e. The van der Waals surface area contributed by atoms with Crippen LogP contribution in [0.25, 0.3) is 11.0 Å². The van der Waals surface area contributed by atoms with Crippen LogP contribution < -0.4 is 0 Å². The molecule has 0 atom stereocenters. The van der Waals surface area contributed by atoms with E-state index in [9.17, 15) is 18.0 Å². The van der Waals surface area contributed by atoms with E-state index in [2.05, 4.69) is 14.9 Å². The van der Waals surface area contributed by atoms with Crippen LogP contribution in [0.15, 0.2) is 18.2 Å². The third-order valence-electron chi connectivity index (χ3n) is 4.44. The van der Waals surface area contributed by atoms with Crippen LogP contribution >= 0.6 is 0 Å². The van der Waals surface area contributed by atoms with Gasteiger partial charge in [-0.15, -0.1) is 0 Å². The number of nitrogens with zero attached hydrogens (tertiary/aromatic N) is 2. The number of piperidine rings is 1. The number of carbonyl (C=O) groups excluding carboxylic acids is 1. The number of halogens is 3. The minimum atomic E-state index is -4.37. The molecular formula is C17H20F3N3O2. The molecule has 1 fully saturated rings. The molecule has 1 aromatic carbocycles. The summed E-state index contributed by atoms with van der Waals surface area (Å²) in [6.07, 6.45) is -2.93. The lowest BCUT2D eigenvalue weighted by Gasteiger charge is -2.30. The van der Waals surface area contributed by atoms with E-state index in [1.807, 2.05) is 0 Å². The molecule has 25 heavy (non-hydrogen) atoms. The van der Waals surface area contributed by atoms with Crippen molar-refractivity contribution in [2.75, 3.05) is 19.7 Å². The Labute approximate surface area is 143 Å². The Bertz CT molecular complexity index is 749. The number of benzene rings is 1. The highest BCUT2D eigenvalue weighted by Gasteiger charge is 2.31. The number of hydrogen-bond acceptors (Lipinski definition) is 4. The topological polar surface area (TPSA) is 58.2 Å². The summed E-state index contributed by atoms with van der Waals surface area (Å²) in [5.41, 5.74) is 0.209. The first-order valence-corrected chi connectivity index (χ1v) is 8.31. The van der Waals surface area contributed by atoms with Crippen molar-refractivity contribution in [2.45, 2.75) is 32.5 Å². The molecule has 2 heterocycles. The number of ether oxygens (including phenoxy) is 1. The monoisotopic (exact) mass is 355 g/mol. The lowest BCUT2D eigenvalue weighted by Crippen LogP contribution is -2.36. The second-order valence-electron chi connectivity index (χ2n) is 6.22. The number of fused-ring (bicyclic) bond motifs is 1. The predicted octanol–water partition coefficient (Wildman–Crippen LogP) is 3.36. The number of nitrogens with one attached hydrogen (secondary N) is 1. The molecule has 0 amide bonds. The molecule has 0 radical (unpaired) electrons. The fourth-order valence-electron chi connectivity index (χ4n) is 3.11. The largest absolute Gasteiger partial charge is 0.466 e. The molecule has 5 nitrogen and oxygen atoms in total. The zero-order valence-electron chi connectivity index (χ0n) is 13.9. The van der Waals surface area contributed by atoms with E-state index in [1.54, 1.807) is 6.92 Å². The van der Waals surface area contributed by atoms with Gasteiger partial charge in [-0.2, -0.15) is 13.2 Å². The molecular weight excluding hydrogens is 335 g/mol. The first kappa shape index (κ1) is 17.7. The van der Waals surface area contributed by atoms with Gasteiger partial charge in [-0.3, -0.25) is 9.69 Å². The fraction of sp³-hybridized carbons (Fsp3) is 0.529. The Morgan fingerprint density at radius 3 is 2.72 bits per heavy atom. The molecule has 8 heteroatoms. The maximum absolute atomic E-state index is 12.8. The van der Waals surface area contributed by atoms with Gasteiger partial charge in [0.15, 0.2) is 0 Å². The van der Waals surface area contributed by atoms with E-state index in [0.717, 1.165) is 38.1 Å². The molecule has 1 saturated heterocycles. The van der Waals surface area contributed by atoms with Gasteiger partial charge in [0.25, 0.3) is 0 Å². The maximum Gasteiger partial charge on any atom is 0.416 e. The van der Waals surface area contributed by atoms with Crippen molar-refractivity contribution >= 4 is 17.0 Å². The summed E-state index contributed by atoms with van der Waals surface area (Å²) < 4.78 is 43.4. The molecule has 1 aromatic heterocycles. The summed E-state index contributed by atoms with van der Waals surface area (Å²) in [6.45, 7) is 4.16. The van der Waals surface area contributed by atoms with E-state index in [-0.39, 0.29) is 11.9 Å². The zero-order valence-corrected chi connectivity index (χ0v) is 13.9. The standard InChI is InChI=1S/C17H20F3N3O2/c1-2-25-16(24)11-5-7-23(8-6-11)10-15-21-13-4-3-12(17(18,19)20)9-14(13)22-15/h3-4,9,11H,2,5-8,10H2,1H3,(H,21,22). The number of likely N-dealkylation sites (tertiary alicyclic amines) is 1. The highest BCUT2D eigenvalue weighted by molar-refractivity contribution is 5.76. The van der Waals surface area contributed by atoms with Gasteiger partial charge in [-0.05, 0) is 51.1 Å². The van der Waals surface area contributed by atoms with Gasteiger partial charge in [-0.1, -0.05) is 0 Å². The highest BCUT2D eigenvalue weighted by atomic mass is 19.4. The second-order valence-corrected chi connectivity index (χ2v) is 6.22. The van der Waals surface area contributed by atoms with Crippen molar-refractivity contribution in [3.63, 3.8) is 0 Å². The number of aromatic amines is 1. The van der Waals surface area contributed by atoms with Crippen LogP contribution in [-0.2, 0) is 22.3 Å². The van der Waals surface area contributed by atoms with Crippen LogP contribution in [0.2, 0.25) is 0 Å². The molecule has 136 valence electrons. The van der Waals surface area contributed by atoms with Gasteiger partial charge in [0.2, 0.25) is 0 Å². The van der Waals surface area contributed by atoms with Crippen LogP contribution in [-0.4, -0.2) is 40.5 Å². The number of imidazole rings is 1.